The zero-order chi connectivity index (χ0) is 83.2. The van der Waals surface area contributed by atoms with E-state index in [4.69, 9.17) is 16.2 Å². The van der Waals surface area contributed by atoms with Gasteiger partial charge in [-0.15, -0.1) is 0 Å². The van der Waals surface area contributed by atoms with Crippen molar-refractivity contribution in [3.63, 3.8) is 0 Å². The Morgan fingerprint density at radius 3 is 1.60 bits per heavy atom. The Morgan fingerprint density at radius 1 is 0.571 bits per heavy atom. The van der Waals surface area contributed by atoms with Gasteiger partial charge in [-0.2, -0.15) is 0 Å². The lowest BCUT2D eigenvalue weighted by Crippen LogP contribution is -2.67. The molecule has 5 aromatic carbocycles. The van der Waals surface area contributed by atoms with Gasteiger partial charge in [0.15, 0.2) is 23.3 Å². The summed E-state index contributed by atoms with van der Waals surface area (Å²) in [5.41, 5.74) is 13.4. The average Bonchev–Trinajstić information content (AvgIpc) is 0.827. The van der Waals surface area contributed by atoms with Crippen LogP contribution in [0.1, 0.15) is 81.0 Å². The molecule has 0 bridgehead atoms. The molecule has 20 N–H and O–H groups in total. The number of carboxylic acid groups (broad SMARTS) is 2. The van der Waals surface area contributed by atoms with Crippen molar-refractivity contribution in [2.75, 3.05) is 20.3 Å². The van der Waals surface area contributed by atoms with Gasteiger partial charge in [0.2, 0.25) is 70.8 Å². The highest BCUT2D eigenvalue weighted by molar-refractivity contribution is 6.01. The van der Waals surface area contributed by atoms with Crippen molar-refractivity contribution < 1.29 is 115 Å². The first-order valence-corrected chi connectivity index (χ1v) is 34.7. The fourth-order valence-corrected chi connectivity index (χ4v) is 11.5. The number of nitrogens with zero attached hydrogens (tertiary/aromatic N) is 1. The summed E-state index contributed by atoms with van der Waals surface area (Å²) >= 11 is 0. The largest absolute Gasteiger partial charge is 0.497 e. The number of carbonyl (C=O) groups is 13. The summed E-state index contributed by atoms with van der Waals surface area (Å²) in [6.07, 6.45) is -5.67. The number of benzene rings is 5. The lowest BCUT2D eigenvalue weighted by atomic mass is 9.89. The van der Waals surface area contributed by atoms with Crippen LogP contribution in [0.25, 0.3) is 22.3 Å². The quantitative estimate of drug-likeness (QED) is 0.0125. The second-order valence-corrected chi connectivity index (χ2v) is 26.4. The molecule has 0 spiro atoms. The Hall–Kier alpha value is -12.3. The maximum absolute atomic E-state index is 15.5. The number of amides is 11. The molecule has 0 fully saturated rings. The number of hydrogen-bond acceptors (Lipinski definition) is 19. The van der Waals surface area contributed by atoms with Crippen LogP contribution in [-0.2, 0) is 94.4 Å². The van der Waals surface area contributed by atoms with Gasteiger partial charge in [-0.25, -0.2) is 26.9 Å². The molecule has 112 heavy (non-hydrogen) atoms. The van der Waals surface area contributed by atoms with Crippen LogP contribution >= 0.6 is 0 Å². The number of aliphatic hydroxyl groups excluding tert-OH is 3. The smallest absolute Gasteiger partial charge is 0.305 e. The molecule has 12 atom stereocenters. The summed E-state index contributed by atoms with van der Waals surface area (Å²) in [6.45, 7) is 4.58. The van der Waals surface area contributed by atoms with Crippen molar-refractivity contribution in [3.8, 4) is 28.0 Å². The van der Waals surface area contributed by atoms with Crippen LogP contribution < -0.4 is 69.4 Å². The summed E-state index contributed by atoms with van der Waals surface area (Å²) in [7, 11) is 1.52. The van der Waals surface area contributed by atoms with E-state index in [-0.39, 0.29) is 19.3 Å². The Kier molecular flexibility index (Phi) is 32.0. The van der Waals surface area contributed by atoms with Gasteiger partial charge < -0.3 is 99.9 Å². The van der Waals surface area contributed by atoms with Gasteiger partial charge in [0.05, 0.1) is 57.7 Å². The zero-order valence-corrected chi connectivity index (χ0v) is 61.5. The van der Waals surface area contributed by atoms with Crippen LogP contribution in [0.2, 0.25) is 0 Å². The highest BCUT2D eigenvalue weighted by atomic mass is 19.2. The van der Waals surface area contributed by atoms with Gasteiger partial charge in [0, 0.05) is 43.1 Å². The van der Waals surface area contributed by atoms with Gasteiger partial charge in [-0.1, -0.05) is 85.8 Å². The first-order valence-electron chi connectivity index (χ1n) is 34.7. The summed E-state index contributed by atoms with van der Waals surface area (Å²) < 4.78 is 80.5. The summed E-state index contributed by atoms with van der Waals surface area (Å²) in [5.74, 6) is -30.7. The molecule has 0 aliphatic carbocycles. The third-order valence-electron chi connectivity index (χ3n) is 17.8. The third-order valence-corrected chi connectivity index (χ3v) is 17.8. The molecule has 602 valence electrons. The van der Waals surface area contributed by atoms with Gasteiger partial charge in [0.1, 0.15) is 59.6 Å². The molecule has 11 amide bonds. The molecule has 0 aliphatic heterocycles. The van der Waals surface area contributed by atoms with Crippen molar-refractivity contribution >= 4 is 76.9 Å². The number of nitrogens with two attached hydrogens (primary N) is 2. The first kappa shape index (κ1) is 88.6. The Labute approximate surface area is 636 Å². The molecule has 1 heterocycles. The molecule has 1 aromatic heterocycles. The highest BCUT2D eigenvalue weighted by Gasteiger charge is 2.44. The minimum Gasteiger partial charge on any atom is -0.497 e. The molecule has 38 heteroatoms. The lowest BCUT2D eigenvalue weighted by Gasteiger charge is -2.34. The van der Waals surface area contributed by atoms with E-state index in [1.54, 1.807) is 54.6 Å². The van der Waals surface area contributed by atoms with E-state index in [2.05, 4.69) is 36.6 Å². The van der Waals surface area contributed by atoms with Gasteiger partial charge in [-0.3, -0.25) is 62.3 Å². The number of carbonyl (C=O) groups excluding carboxylic acids is 11. The SMILES string of the molecule is CCc1cc(OC)ccc1-c1ccc(C[C@H](NC(=O)[C@H](CC(=O)O)NC(=O)[C@H](CO)NC(=O)[C@@H](NC(=O)[C@](C)(Cc2c(F)c(F)c(F)c(F)c2F)NC(=O)[C@@H](NC(=O)CNC(=O)[C@H](CC(=O)O)NC(=O)[C@H](C)NC(=O)[C@@H](N)Cc2cnc[nH]2)[C@@H](C)O)[C@@H](C)O)C(=O)N[C@@H](Cc2ccc(-c3ccccc3C)cc2)C(N)=O)cc1. The number of ether oxygens (including phenoxy) is 1. The molecule has 0 unspecified atom stereocenters. The monoisotopic (exact) mass is 1570 g/mol. The minimum absolute atomic E-state index is 0.0457. The van der Waals surface area contributed by atoms with Gasteiger partial charge in [0.25, 0.3) is 0 Å². The number of nitrogens with one attached hydrogen (secondary N) is 11. The number of aromatic nitrogens is 2. The molecule has 0 saturated heterocycles. The fourth-order valence-electron chi connectivity index (χ4n) is 11.5. The number of rotatable bonds is 40. The fraction of sp³-hybridized carbons (Fsp3) is 0.378. The number of hydrogen-bond donors (Lipinski definition) is 18. The predicted octanol–water partition coefficient (Wildman–Crippen LogP) is -1.01. The molecule has 0 saturated carbocycles. The third kappa shape index (κ3) is 24.4. The standard InChI is InChI=1S/C74H87F5N14O19/c1-8-40-25-44(112-7)21-22-46(40)42-19-15-39(16-20-42)24-50(68(106)86-49(64(81)102)23-38-13-17-41(18-14-38)45-12-10-9-11-34(45)2)88-69(107)52(28-56(100)101)89-70(108)53(32-94)90-71(109)62(36(4)95)92-73(111)74(6,29-47-57(75)59(77)61(79)60(78)58(47)76)93-72(110)63(37(5)96)91-54(97)31-83-67(105)51(27-55(98)99)87-65(103)35(3)85-66(104)48(80)26-43-30-82-33-84-43/h9-22,25,30,33,35-37,48-53,62-63,94-96H,8,23-24,26-29,31-32,80H2,1-7H3,(H2,81,102)(H,82,84)(H,83,105)(H,85,104)(H,86,106)(H,87,103)(H,88,107)(H,89,108)(H,90,109)(H,91,97)(H,92,111)(H,93,110)(H,98,99)(H,100,101)/t35-,36+,37+,48-,49-,50-,51-,52-,53-,62-,63-,74-/m0/s1. The van der Waals surface area contributed by atoms with E-state index in [0.29, 0.717) is 35.9 Å². The van der Waals surface area contributed by atoms with E-state index in [1.807, 2.05) is 76.8 Å². The van der Waals surface area contributed by atoms with Crippen LogP contribution in [0.4, 0.5) is 22.0 Å². The predicted molar refractivity (Wildman–Crippen MR) is 387 cm³/mol. The molecule has 6 rings (SSSR count). The highest BCUT2D eigenvalue weighted by Crippen LogP contribution is 2.31. The van der Waals surface area contributed by atoms with Crippen molar-refractivity contribution in [3.05, 3.63) is 166 Å². The number of methoxy groups -OCH3 is 1. The van der Waals surface area contributed by atoms with Crippen molar-refractivity contribution in [2.24, 2.45) is 11.5 Å². The number of carboxylic acids is 2. The van der Waals surface area contributed by atoms with Gasteiger partial charge in [-0.05, 0) is 97.7 Å². The van der Waals surface area contributed by atoms with Crippen molar-refractivity contribution in [2.45, 2.75) is 159 Å². The number of primary amides is 1. The summed E-state index contributed by atoms with van der Waals surface area (Å²) in [6, 6.07) is 9.77. The second-order valence-electron chi connectivity index (χ2n) is 26.4. The molecule has 0 radical (unpaired) electrons. The minimum atomic E-state index is -3.16. The molecule has 0 aliphatic rings. The maximum Gasteiger partial charge on any atom is 0.305 e. The summed E-state index contributed by atoms with van der Waals surface area (Å²) in [5, 5.41) is 73.0. The topological polar surface area (TPSA) is 533 Å². The number of aromatic amines is 1. The number of imidazole rings is 1. The van der Waals surface area contributed by atoms with E-state index in [9.17, 15) is 101 Å². The molecule has 6 aromatic rings. The van der Waals surface area contributed by atoms with Crippen LogP contribution in [0.15, 0.2) is 104 Å². The maximum atomic E-state index is 15.5. The lowest BCUT2D eigenvalue weighted by molar-refractivity contribution is -0.142. The number of aliphatic hydroxyl groups is 3. The molecular weight excluding hydrogens is 1480 g/mol. The second kappa shape index (κ2) is 40.4. The van der Waals surface area contributed by atoms with E-state index >= 15 is 8.78 Å². The van der Waals surface area contributed by atoms with E-state index < -0.39 is 216 Å². The number of aliphatic carboxylic acids is 2. The number of halogens is 5. The summed E-state index contributed by atoms with van der Waals surface area (Å²) in [4.78, 5) is 182. The molecule has 33 nitrogen and oxygen atoms in total. The number of aryl methyl sites for hydroxylation is 2. The van der Waals surface area contributed by atoms with Crippen molar-refractivity contribution in [1.82, 2.24) is 63.1 Å². The van der Waals surface area contributed by atoms with Crippen molar-refractivity contribution in [1.29, 1.82) is 0 Å². The Morgan fingerprint density at radius 2 is 1.07 bits per heavy atom. The van der Waals surface area contributed by atoms with Crippen LogP contribution in [0.5, 0.6) is 5.75 Å². The average molecular weight is 1570 g/mol. The Bertz CT molecular complexity index is 4420. The van der Waals surface area contributed by atoms with E-state index in [0.717, 1.165) is 54.2 Å². The zero-order valence-electron chi connectivity index (χ0n) is 61.5. The van der Waals surface area contributed by atoms with Gasteiger partial charge >= 0.3 is 11.9 Å². The van der Waals surface area contributed by atoms with E-state index in [1.165, 1.54) is 19.6 Å². The normalized spacial score (nSPS) is 14.6. The molecular formula is C74H87F5N14O19. The van der Waals surface area contributed by atoms with Crippen LogP contribution in [-0.4, -0.2) is 205 Å². The van der Waals surface area contributed by atoms with Crippen LogP contribution in [0, 0.1) is 36.0 Å². The Balaban J connectivity index is 1.21. The number of H-pyrrole nitrogens is 1. The first-order chi connectivity index (χ1) is 52.8. The van der Waals surface area contributed by atoms with Crippen LogP contribution in [0.3, 0.4) is 0 Å².